The van der Waals surface area contributed by atoms with E-state index in [-0.39, 0.29) is 0 Å². The van der Waals surface area contributed by atoms with E-state index < -0.39 is 5.66 Å². The summed E-state index contributed by atoms with van der Waals surface area (Å²) in [6.45, 7) is 0. The Morgan fingerprint density at radius 3 is 1.98 bits per heavy atom. The molecule has 0 N–H and O–H groups in total. The van der Waals surface area contributed by atoms with Crippen LogP contribution in [0.5, 0.6) is 11.5 Å². The van der Waals surface area contributed by atoms with Crippen molar-refractivity contribution in [1.82, 2.24) is 8.80 Å². The number of aromatic nitrogens is 4. The van der Waals surface area contributed by atoms with E-state index in [2.05, 4.69) is 128 Å². The summed E-state index contributed by atoms with van der Waals surface area (Å²) in [7, 11) is 0. The van der Waals surface area contributed by atoms with Crippen LogP contribution < -0.4 is 13.9 Å². The van der Waals surface area contributed by atoms with Gasteiger partial charge < -0.3 is 4.74 Å². The van der Waals surface area contributed by atoms with Gasteiger partial charge in [-0.15, -0.1) is 0 Å². The molecule has 1 spiro atoms. The van der Waals surface area contributed by atoms with Gasteiger partial charge in [0, 0.05) is 21.5 Å². The summed E-state index contributed by atoms with van der Waals surface area (Å²) >= 11 is 0. The molecule has 3 aliphatic rings. The lowest BCUT2D eigenvalue weighted by atomic mass is 9.85. The summed E-state index contributed by atoms with van der Waals surface area (Å²) in [6.07, 6.45) is 9.04. The van der Waals surface area contributed by atoms with Crippen LogP contribution in [0.1, 0.15) is 11.1 Å². The fourth-order valence-electron chi connectivity index (χ4n) is 8.60. The maximum atomic E-state index is 6.81. The summed E-state index contributed by atoms with van der Waals surface area (Å²) < 4.78 is 16.6. The zero-order chi connectivity index (χ0) is 25.5. The Balaban J connectivity index is 1.40. The summed E-state index contributed by atoms with van der Waals surface area (Å²) in [5.74, 6) is 1.88. The lowest BCUT2D eigenvalue weighted by Gasteiger charge is -2.30. The summed E-state index contributed by atoms with van der Waals surface area (Å²) in [5, 5.41) is 10.2. The molecule has 0 amide bonds. The standard InChI is InChI=1S/C35H18N4O/c1-2-6-20-19(5-1)9-12-25-28(20)23-11-14-27-32-30(23)34-37(25)16-18-39(34)35(32)31-26(40-27)13-10-22-21-7-3-4-8-24(21)36-15-17-38(35)33(36)29(22)31/h1-18H/q+2. The molecule has 0 bridgehead atoms. The molecule has 5 heteroatoms. The van der Waals surface area contributed by atoms with Gasteiger partial charge in [0.2, 0.25) is 0 Å². The first-order valence-corrected chi connectivity index (χ1v) is 13.8. The van der Waals surface area contributed by atoms with Gasteiger partial charge in [0.15, 0.2) is 0 Å². The van der Waals surface area contributed by atoms with Crippen LogP contribution >= 0.6 is 0 Å². The van der Waals surface area contributed by atoms with Crippen LogP contribution in [-0.2, 0) is 5.66 Å². The number of rotatable bonds is 0. The summed E-state index contributed by atoms with van der Waals surface area (Å²) in [4.78, 5) is 0. The van der Waals surface area contributed by atoms with Gasteiger partial charge in [0.05, 0.1) is 10.8 Å². The van der Waals surface area contributed by atoms with Crippen molar-refractivity contribution in [3.63, 3.8) is 0 Å². The van der Waals surface area contributed by atoms with Crippen LogP contribution in [0.15, 0.2) is 110 Å². The number of para-hydroxylation sites is 1. The topological polar surface area (TPSA) is 25.8 Å². The second kappa shape index (κ2) is 5.63. The molecular weight excluding hydrogens is 492 g/mol. The molecule has 1 atom stereocenters. The number of nitrogens with zero attached hydrogens (tertiary/aromatic N) is 4. The van der Waals surface area contributed by atoms with Crippen molar-refractivity contribution < 1.29 is 13.9 Å². The molecule has 5 nitrogen and oxygen atoms in total. The molecule has 0 saturated heterocycles. The Morgan fingerprint density at radius 1 is 0.525 bits per heavy atom. The minimum atomic E-state index is -0.555. The quantitative estimate of drug-likeness (QED) is 0.168. The minimum Gasteiger partial charge on any atom is -0.456 e. The zero-order valence-corrected chi connectivity index (χ0v) is 21.1. The van der Waals surface area contributed by atoms with E-state index in [4.69, 9.17) is 4.74 Å². The van der Waals surface area contributed by atoms with Crippen molar-refractivity contribution in [2.75, 3.05) is 0 Å². The molecule has 7 heterocycles. The van der Waals surface area contributed by atoms with Crippen LogP contribution in [-0.4, -0.2) is 8.80 Å². The maximum Gasteiger partial charge on any atom is 0.315 e. The lowest BCUT2D eigenvalue weighted by Crippen LogP contribution is -2.71. The summed E-state index contributed by atoms with van der Waals surface area (Å²) in [6, 6.07) is 30.9. The van der Waals surface area contributed by atoms with Gasteiger partial charge in [-0.3, -0.25) is 0 Å². The number of pyridine rings is 2. The first kappa shape index (κ1) is 18.8. The number of ether oxygens (including phenoxy) is 1. The molecule has 1 unspecified atom stereocenters. The molecular formula is C35H18N4O+2. The van der Waals surface area contributed by atoms with Gasteiger partial charge in [-0.25, -0.2) is 0 Å². The molecule has 0 radical (unpaired) electrons. The van der Waals surface area contributed by atoms with Crippen molar-refractivity contribution in [3.8, 4) is 11.5 Å². The molecule has 5 aromatic carbocycles. The number of hydrogen-bond donors (Lipinski definition) is 0. The Bertz CT molecular complexity index is 2750. The van der Waals surface area contributed by atoms with Gasteiger partial charge in [-0.1, -0.05) is 48.5 Å². The Labute approximate surface area is 225 Å². The Hall–Kier alpha value is -5.42. The highest BCUT2D eigenvalue weighted by Crippen LogP contribution is 2.57. The van der Waals surface area contributed by atoms with Crippen LogP contribution in [0.4, 0.5) is 0 Å². The van der Waals surface area contributed by atoms with Crippen LogP contribution in [0.3, 0.4) is 0 Å². The zero-order valence-electron chi connectivity index (χ0n) is 21.1. The van der Waals surface area contributed by atoms with E-state index in [9.17, 15) is 0 Å². The highest BCUT2D eigenvalue weighted by Gasteiger charge is 2.65. The second-order valence-corrected chi connectivity index (χ2v) is 11.4. The minimum absolute atomic E-state index is 0.555. The molecule has 4 aromatic heterocycles. The molecule has 3 aliphatic heterocycles. The third-order valence-electron chi connectivity index (χ3n) is 9.93. The predicted molar refractivity (Wildman–Crippen MR) is 154 cm³/mol. The maximum absolute atomic E-state index is 6.81. The van der Waals surface area contributed by atoms with Gasteiger partial charge >= 0.3 is 5.66 Å². The highest BCUT2D eigenvalue weighted by atomic mass is 16.5. The predicted octanol–water partition coefficient (Wildman–Crippen LogP) is 6.56. The van der Waals surface area contributed by atoms with Gasteiger partial charge in [0.1, 0.15) is 58.4 Å². The normalized spacial score (nSPS) is 17.8. The fraction of sp³-hybridized carbons (Fsp3) is 0.0286. The molecule has 40 heavy (non-hydrogen) atoms. The van der Waals surface area contributed by atoms with E-state index in [1.807, 2.05) is 0 Å². The second-order valence-electron chi connectivity index (χ2n) is 11.4. The number of imidazole rings is 2. The van der Waals surface area contributed by atoms with Gasteiger partial charge in [0.25, 0.3) is 11.3 Å². The average molecular weight is 511 g/mol. The third-order valence-corrected chi connectivity index (χ3v) is 9.93. The monoisotopic (exact) mass is 510 g/mol. The molecule has 182 valence electrons. The molecule has 0 saturated carbocycles. The van der Waals surface area contributed by atoms with Crippen molar-refractivity contribution in [3.05, 3.63) is 121 Å². The van der Waals surface area contributed by atoms with Crippen molar-refractivity contribution >= 4 is 65.4 Å². The van der Waals surface area contributed by atoms with E-state index in [0.29, 0.717) is 0 Å². The number of benzene rings is 5. The van der Waals surface area contributed by atoms with E-state index in [0.717, 1.165) is 11.5 Å². The molecule has 0 fully saturated rings. The number of hydrogen-bond acceptors (Lipinski definition) is 1. The van der Waals surface area contributed by atoms with Crippen LogP contribution in [0.2, 0.25) is 0 Å². The van der Waals surface area contributed by atoms with Gasteiger partial charge in [-0.2, -0.15) is 17.9 Å². The highest BCUT2D eigenvalue weighted by molar-refractivity contribution is 6.23. The fourth-order valence-corrected chi connectivity index (χ4v) is 8.60. The van der Waals surface area contributed by atoms with Crippen molar-refractivity contribution in [2.24, 2.45) is 0 Å². The first-order valence-electron chi connectivity index (χ1n) is 13.8. The van der Waals surface area contributed by atoms with Crippen molar-refractivity contribution in [2.45, 2.75) is 5.66 Å². The number of fused-ring (bicyclic) bond motifs is 8. The van der Waals surface area contributed by atoms with E-state index in [1.54, 1.807) is 0 Å². The largest absolute Gasteiger partial charge is 0.456 e. The summed E-state index contributed by atoms with van der Waals surface area (Å²) in [5.41, 5.74) is 6.81. The van der Waals surface area contributed by atoms with E-state index >= 15 is 0 Å². The van der Waals surface area contributed by atoms with Crippen molar-refractivity contribution in [1.29, 1.82) is 0 Å². The SMILES string of the molecule is c1ccc2c(c1)ccc1c2c2ccc3c4c2c2n1cc[n+]2C41c2c(ccc4c5ccccc5n5cc[n+]1c5c24)O3. The molecule has 12 rings (SSSR count). The van der Waals surface area contributed by atoms with Crippen LogP contribution in [0, 0.1) is 0 Å². The Morgan fingerprint density at radius 2 is 1.18 bits per heavy atom. The molecule has 0 aliphatic carbocycles. The smallest absolute Gasteiger partial charge is 0.315 e. The first-order chi connectivity index (χ1) is 19.9. The van der Waals surface area contributed by atoms with E-state index in [1.165, 1.54) is 76.5 Å². The van der Waals surface area contributed by atoms with Crippen LogP contribution in [0.25, 0.3) is 65.4 Å². The lowest BCUT2D eigenvalue weighted by molar-refractivity contribution is -0.944. The molecule has 9 aromatic rings. The third kappa shape index (κ3) is 1.62. The van der Waals surface area contributed by atoms with Gasteiger partial charge in [-0.05, 0) is 47.2 Å². The average Bonchev–Trinajstić information content (AvgIpc) is 3.77. The Kier molecular flexibility index (Phi) is 2.64.